The van der Waals surface area contributed by atoms with Crippen molar-refractivity contribution in [3.63, 3.8) is 0 Å². The third-order valence-electron chi connectivity index (χ3n) is 5.16. The summed E-state index contributed by atoms with van der Waals surface area (Å²) < 4.78 is 41.5. The highest BCUT2D eigenvalue weighted by Crippen LogP contribution is 2.39. The number of sulfonamides is 1. The summed E-state index contributed by atoms with van der Waals surface area (Å²) in [4.78, 5) is 14.4. The Morgan fingerprint density at radius 2 is 1.93 bits per heavy atom. The molecule has 2 aromatic carbocycles. The van der Waals surface area contributed by atoms with Crippen LogP contribution in [0.5, 0.6) is 0 Å². The van der Waals surface area contributed by atoms with Gasteiger partial charge >= 0.3 is 0 Å². The van der Waals surface area contributed by atoms with Crippen molar-refractivity contribution in [2.75, 3.05) is 9.62 Å². The topological polar surface area (TPSA) is 66.5 Å². The van der Waals surface area contributed by atoms with Gasteiger partial charge in [-0.15, -0.1) is 0 Å². The summed E-state index contributed by atoms with van der Waals surface area (Å²) in [6, 6.07) is 9.04. The second-order valence-corrected chi connectivity index (χ2v) is 9.08. The first-order valence-electron chi connectivity index (χ1n) is 9.01. The van der Waals surface area contributed by atoms with E-state index in [1.165, 1.54) is 24.3 Å². The number of halogens is 1. The number of fused-ring (bicyclic) bond motifs is 1. The number of anilines is 2. The summed E-state index contributed by atoms with van der Waals surface area (Å²) in [5.41, 5.74) is 2.26. The Balaban J connectivity index is 1.62. The Kier molecular flexibility index (Phi) is 4.22. The van der Waals surface area contributed by atoms with Crippen molar-refractivity contribution in [3.05, 3.63) is 53.3 Å². The molecule has 2 aliphatic rings. The van der Waals surface area contributed by atoms with E-state index >= 15 is 0 Å². The normalized spacial score (nSPS) is 19.1. The second-order valence-electron chi connectivity index (χ2n) is 7.40. The first-order valence-corrected chi connectivity index (χ1v) is 10.5. The highest BCUT2D eigenvalue weighted by Gasteiger charge is 2.39. The minimum atomic E-state index is -3.84. The average Bonchev–Trinajstić information content (AvgIpc) is 3.39. The van der Waals surface area contributed by atoms with Gasteiger partial charge in [0.05, 0.1) is 10.6 Å². The van der Waals surface area contributed by atoms with Gasteiger partial charge in [0.2, 0.25) is 5.91 Å². The third kappa shape index (κ3) is 3.32. The van der Waals surface area contributed by atoms with E-state index in [1.807, 2.05) is 6.92 Å². The van der Waals surface area contributed by atoms with E-state index in [2.05, 4.69) is 4.72 Å². The van der Waals surface area contributed by atoms with Crippen LogP contribution in [0, 0.1) is 18.7 Å². The summed E-state index contributed by atoms with van der Waals surface area (Å²) in [6.07, 6.45) is 2.48. The lowest BCUT2D eigenvalue weighted by Crippen LogP contribution is -2.36. The highest BCUT2D eigenvalue weighted by molar-refractivity contribution is 7.92. The molecular formula is C20H21FN2O3S. The molecule has 27 heavy (non-hydrogen) atoms. The van der Waals surface area contributed by atoms with E-state index in [4.69, 9.17) is 0 Å². The molecule has 5 nitrogen and oxygen atoms in total. The fourth-order valence-corrected chi connectivity index (χ4v) is 4.61. The van der Waals surface area contributed by atoms with Crippen LogP contribution in [0.25, 0.3) is 0 Å². The fourth-order valence-electron chi connectivity index (χ4n) is 3.51. The maximum absolute atomic E-state index is 13.7. The Labute approximate surface area is 158 Å². The molecule has 1 N–H and O–H groups in total. The van der Waals surface area contributed by atoms with Gasteiger partial charge in [0.15, 0.2) is 0 Å². The second kappa shape index (κ2) is 6.34. The van der Waals surface area contributed by atoms with Crippen LogP contribution in [0.2, 0.25) is 0 Å². The summed E-state index contributed by atoms with van der Waals surface area (Å²) in [6.45, 7) is 3.59. The first-order chi connectivity index (χ1) is 12.8. The van der Waals surface area contributed by atoms with Gasteiger partial charge in [0.25, 0.3) is 10.0 Å². The Bertz CT molecular complexity index is 1030. The van der Waals surface area contributed by atoms with Gasteiger partial charge in [-0.05, 0) is 74.6 Å². The molecule has 1 amide bonds. The number of nitrogens with zero attached hydrogens (tertiary/aromatic N) is 1. The van der Waals surface area contributed by atoms with Gasteiger partial charge in [-0.2, -0.15) is 0 Å². The number of nitrogens with one attached hydrogen (secondary N) is 1. The van der Waals surface area contributed by atoms with Gasteiger partial charge in [0.1, 0.15) is 5.82 Å². The lowest BCUT2D eigenvalue weighted by molar-refractivity contribution is -0.120. The summed E-state index contributed by atoms with van der Waals surface area (Å²) in [5, 5.41) is 0. The van der Waals surface area contributed by atoms with E-state index < -0.39 is 15.8 Å². The smallest absolute Gasteiger partial charge is 0.261 e. The number of amides is 1. The molecule has 0 spiro atoms. The number of benzene rings is 2. The van der Waals surface area contributed by atoms with E-state index in [1.54, 1.807) is 24.0 Å². The van der Waals surface area contributed by atoms with E-state index in [9.17, 15) is 17.6 Å². The van der Waals surface area contributed by atoms with Crippen molar-refractivity contribution in [2.24, 2.45) is 5.92 Å². The molecule has 142 valence electrons. The monoisotopic (exact) mass is 388 g/mol. The lowest BCUT2D eigenvalue weighted by atomic mass is 10.1. The number of hydrogen-bond donors (Lipinski definition) is 1. The Hall–Kier alpha value is -2.41. The van der Waals surface area contributed by atoms with Crippen molar-refractivity contribution >= 4 is 27.3 Å². The van der Waals surface area contributed by atoms with Gasteiger partial charge in [0, 0.05) is 17.6 Å². The minimum absolute atomic E-state index is 0.0187. The molecule has 1 unspecified atom stereocenters. The molecule has 7 heteroatoms. The van der Waals surface area contributed by atoms with Gasteiger partial charge in [-0.1, -0.05) is 6.07 Å². The van der Waals surface area contributed by atoms with Crippen LogP contribution in [0.1, 0.15) is 30.9 Å². The number of carbonyl (C=O) groups excluding carboxylic acids is 1. The molecule has 2 aromatic rings. The van der Waals surface area contributed by atoms with Crippen molar-refractivity contribution in [3.8, 4) is 0 Å². The van der Waals surface area contributed by atoms with Crippen molar-refractivity contribution in [1.29, 1.82) is 0 Å². The molecule has 0 aromatic heterocycles. The standard InChI is InChI=1S/C20H21FN2O3S/c1-12-3-6-16(11-18(12)21)22-27(25,26)17-7-8-19-15(10-17)9-13(2)23(19)20(24)14-4-5-14/h3,6-8,10-11,13-14,22H,4-5,9H2,1-2H3. The first kappa shape index (κ1) is 18.0. The maximum Gasteiger partial charge on any atom is 0.261 e. The van der Waals surface area contributed by atoms with E-state index in [0.717, 1.165) is 24.1 Å². The molecule has 4 rings (SSSR count). The Morgan fingerprint density at radius 3 is 2.59 bits per heavy atom. The predicted molar refractivity (Wildman–Crippen MR) is 102 cm³/mol. The zero-order chi connectivity index (χ0) is 19.3. The predicted octanol–water partition coefficient (Wildman–Crippen LogP) is 3.62. The molecule has 0 saturated heterocycles. The molecule has 1 aliphatic heterocycles. The summed E-state index contributed by atoms with van der Waals surface area (Å²) in [5.74, 6) is -0.225. The van der Waals surface area contributed by atoms with Gasteiger partial charge in [-0.3, -0.25) is 9.52 Å². The molecular weight excluding hydrogens is 367 g/mol. The van der Waals surface area contributed by atoms with Crippen LogP contribution >= 0.6 is 0 Å². The summed E-state index contributed by atoms with van der Waals surface area (Å²) >= 11 is 0. The molecule has 1 saturated carbocycles. The van der Waals surface area contributed by atoms with Crippen molar-refractivity contribution in [1.82, 2.24) is 0 Å². The van der Waals surface area contributed by atoms with Crippen LogP contribution in [-0.2, 0) is 21.2 Å². The average molecular weight is 388 g/mol. The Morgan fingerprint density at radius 1 is 1.19 bits per heavy atom. The molecule has 0 radical (unpaired) electrons. The maximum atomic E-state index is 13.7. The van der Waals surface area contributed by atoms with E-state index in [-0.39, 0.29) is 28.4 Å². The van der Waals surface area contributed by atoms with E-state index in [0.29, 0.717) is 12.0 Å². The number of carbonyl (C=O) groups is 1. The van der Waals surface area contributed by atoms with Crippen LogP contribution in [-0.4, -0.2) is 20.4 Å². The molecule has 1 fully saturated rings. The molecule has 0 bridgehead atoms. The number of rotatable bonds is 4. The minimum Gasteiger partial charge on any atom is -0.309 e. The van der Waals surface area contributed by atoms with Gasteiger partial charge < -0.3 is 4.90 Å². The molecule has 1 aliphatic carbocycles. The zero-order valence-electron chi connectivity index (χ0n) is 15.2. The lowest BCUT2D eigenvalue weighted by Gasteiger charge is -2.22. The number of hydrogen-bond acceptors (Lipinski definition) is 3. The van der Waals surface area contributed by atoms with Gasteiger partial charge in [-0.25, -0.2) is 12.8 Å². The van der Waals surface area contributed by atoms with Crippen molar-refractivity contribution < 1.29 is 17.6 Å². The largest absolute Gasteiger partial charge is 0.309 e. The van der Waals surface area contributed by atoms with Crippen LogP contribution in [0.3, 0.4) is 0 Å². The van der Waals surface area contributed by atoms with Crippen LogP contribution in [0.15, 0.2) is 41.3 Å². The fraction of sp³-hybridized carbons (Fsp3) is 0.350. The highest BCUT2D eigenvalue weighted by atomic mass is 32.2. The third-order valence-corrected chi connectivity index (χ3v) is 6.54. The van der Waals surface area contributed by atoms with Crippen molar-refractivity contribution in [2.45, 2.75) is 44.0 Å². The quantitative estimate of drug-likeness (QED) is 0.870. The molecule has 1 heterocycles. The van der Waals surface area contributed by atoms with Crippen LogP contribution in [0.4, 0.5) is 15.8 Å². The molecule has 1 atom stereocenters. The zero-order valence-corrected chi connectivity index (χ0v) is 16.0. The summed E-state index contributed by atoms with van der Waals surface area (Å²) in [7, 11) is -3.84. The number of aryl methyl sites for hydroxylation is 1. The SMILES string of the molecule is Cc1ccc(NS(=O)(=O)c2ccc3c(c2)CC(C)N3C(=O)C2CC2)cc1F. The van der Waals surface area contributed by atoms with Crippen LogP contribution < -0.4 is 9.62 Å².